The normalized spacial score (nSPS) is 12.7. The predicted octanol–water partition coefficient (Wildman–Crippen LogP) is 2.63. The van der Waals surface area contributed by atoms with Crippen LogP contribution in [0, 0.1) is 11.7 Å². The predicted molar refractivity (Wildman–Crippen MR) is 68.9 cm³/mol. The maximum absolute atomic E-state index is 13.4. The van der Waals surface area contributed by atoms with E-state index < -0.39 is 0 Å². The molecule has 0 radical (unpaired) electrons. The number of benzene rings is 1. The van der Waals surface area contributed by atoms with Gasteiger partial charge in [-0.15, -0.1) is 0 Å². The molecule has 17 heavy (non-hydrogen) atoms. The Kier molecular flexibility index (Phi) is 6.48. The molecule has 0 aromatic heterocycles. The zero-order chi connectivity index (χ0) is 12.7. The molecular formula is C13H19ClFNO. The van der Waals surface area contributed by atoms with Crippen molar-refractivity contribution in [3.8, 4) is 0 Å². The molecule has 0 saturated carbocycles. The summed E-state index contributed by atoms with van der Waals surface area (Å²) in [5.41, 5.74) is 0.627. The average Bonchev–Trinajstić information content (AvgIpc) is 2.33. The van der Waals surface area contributed by atoms with E-state index >= 15 is 0 Å². The number of hydrogen-bond acceptors (Lipinski definition) is 2. The molecular weight excluding hydrogens is 241 g/mol. The summed E-state index contributed by atoms with van der Waals surface area (Å²) in [6.07, 6.45) is 1.54. The largest absolute Gasteiger partial charge is 0.396 e. The highest BCUT2D eigenvalue weighted by atomic mass is 35.5. The second kappa shape index (κ2) is 7.64. The van der Waals surface area contributed by atoms with Gasteiger partial charge in [0.15, 0.2) is 0 Å². The van der Waals surface area contributed by atoms with E-state index in [-0.39, 0.29) is 18.3 Å². The molecule has 4 heteroatoms. The third-order valence-corrected chi connectivity index (χ3v) is 3.08. The first kappa shape index (κ1) is 14.4. The number of aliphatic hydroxyl groups excluding tert-OH is 1. The molecule has 96 valence electrons. The SMILES string of the molecule is CCC(CO)CNCCc1cc(Cl)ccc1F. The minimum atomic E-state index is -0.217. The molecule has 2 nitrogen and oxygen atoms in total. The molecule has 2 N–H and O–H groups in total. The molecule has 0 aliphatic carbocycles. The van der Waals surface area contributed by atoms with Crippen molar-refractivity contribution in [1.82, 2.24) is 5.32 Å². The van der Waals surface area contributed by atoms with Gasteiger partial charge >= 0.3 is 0 Å². The molecule has 0 amide bonds. The van der Waals surface area contributed by atoms with Crippen molar-refractivity contribution in [3.05, 3.63) is 34.6 Å². The molecule has 0 aliphatic heterocycles. The highest BCUT2D eigenvalue weighted by molar-refractivity contribution is 6.30. The van der Waals surface area contributed by atoms with Crippen LogP contribution in [0.25, 0.3) is 0 Å². The number of hydrogen-bond donors (Lipinski definition) is 2. The maximum Gasteiger partial charge on any atom is 0.126 e. The Bertz CT molecular complexity index is 342. The van der Waals surface area contributed by atoms with E-state index in [1.165, 1.54) is 6.07 Å². The van der Waals surface area contributed by atoms with Crippen molar-refractivity contribution in [2.24, 2.45) is 5.92 Å². The van der Waals surface area contributed by atoms with Crippen LogP contribution >= 0.6 is 11.6 Å². The second-order valence-corrected chi connectivity index (χ2v) is 4.58. The smallest absolute Gasteiger partial charge is 0.126 e. The van der Waals surface area contributed by atoms with Gasteiger partial charge in [-0.05, 0) is 49.1 Å². The van der Waals surface area contributed by atoms with Crippen LogP contribution in [0.15, 0.2) is 18.2 Å². The Morgan fingerprint density at radius 2 is 2.24 bits per heavy atom. The van der Waals surface area contributed by atoms with Gasteiger partial charge in [-0.3, -0.25) is 0 Å². The second-order valence-electron chi connectivity index (χ2n) is 4.15. The third kappa shape index (κ3) is 5.02. The fourth-order valence-corrected chi connectivity index (χ4v) is 1.80. The first-order valence-corrected chi connectivity index (χ1v) is 6.30. The molecule has 1 atom stereocenters. The monoisotopic (exact) mass is 259 g/mol. The molecule has 1 aromatic rings. The molecule has 0 spiro atoms. The number of aliphatic hydroxyl groups is 1. The third-order valence-electron chi connectivity index (χ3n) is 2.85. The van der Waals surface area contributed by atoms with Gasteiger partial charge in [0.25, 0.3) is 0 Å². The van der Waals surface area contributed by atoms with Crippen LogP contribution < -0.4 is 5.32 Å². The van der Waals surface area contributed by atoms with Gasteiger partial charge in [-0.1, -0.05) is 18.5 Å². The number of rotatable bonds is 7. The Morgan fingerprint density at radius 1 is 1.47 bits per heavy atom. The first-order chi connectivity index (χ1) is 8.17. The van der Waals surface area contributed by atoms with E-state index in [0.29, 0.717) is 23.6 Å². The van der Waals surface area contributed by atoms with Gasteiger partial charge in [0.2, 0.25) is 0 Å². The lowest BCUT2D eigenvalue weighted by molar-refractivity contribution is 0.219. The Labute approximate surface area is 107 Å². The lowest BCUT2D eigenvalue weighted by Gasteiger charge is -2.12. The zero-order valence-electron chi connectivity index (χ0n) is 10.0. The van der Waals surface area contributed by atoms with E-state index in [9.17, 15) is 4.39 Å². The van der Waals surface area contributed by atoms with Crippen LogP contribution in [-0.4, -0.2) is 24.8 Å². The van der Waals surface area contributed by atoms with E-state index in [2.05, 4.69) is 5.32 Å². The summed E-state index contributed by atoms with van der Waals surface area (Å²) in [5, 5.41) is 12.8. The van der Waals surface area contributed by atoms with Gasteiger partial charge in [-0.2, -0.15) is 0 Å². The molecule has 1 unspecified atom stereocenters. The van der Waals surface area contributed by atoms with Gasteiger partial charge < -0.3 is 10.4 Å². The maximum atomic E-state index is 13.4. The lowest BCUT2D eigenvalue weighted by Crippen LogP contribution is -2.26. The van der Waals surface area contributed by atoms with Crippen molar-refractivity contribution in [2.75, 3.05) is 19.7 Å². The molecule has 1 rings (SSSR count). The summed E-state index contributed by atoms with van der Waals surface area (Å²) in [6, 6.07) is 4.59. The fourth-order valence-electron chi connectivity index (χ4n) is 1.60. The van der Waals surface area contributed by atoms with E-state index in [4.69, 9.17) is 16.7 Å². The molecule has 0 heterocycles. The van der Waals surface area contributed by atoms with Gasteiger partial charge in [-0.25, -0.2) is 4.39 Å². The summed E-state index contributed by atoms with van der Waals surface area (Å²) in [5.74, 6) is 0.0598. The highest BCUT2D eigenvalue weighted by Gasteiger charge is 2.05. The van der Waals surface area contributed by atoms with Gasteiger partial charge in [0, 0.05) is 18.2 Å². The molecule has 0 bridgehead atoms. The van der Waals surface area contributed by atoms with Crippen molar-refractivity contribution in [3.63, 3.8) is 0 Å². The molecule has 0 aliphatic rings. The summed E-state index contributed by atoms with van der Waals surface area (Å²) in [4.78, 5) is 0. The summed E-state index contributed by atoms with van der Waals surface area (Å²) < 4.78 is 13.4. The van der Waals surface area contributed by atoms with Gasteiger partial charge in [0.05, 0.1) is 0 Å². The van der Waals surface area contributed by atoms with E-state index in [1.54, 1.807) is 12.1 Å². The minimum Gasteiger partial charge on any atom is -0.396 e. The summed E-state index contributed by atoms with van der Waals surface area (Å²) in [7, 11) is 0. The fraction of sp³-hybridized carbons (Fsp3) is 0.538. The zero-order valence-corrected chi connectivity index (χ0v) is 10.8. The van der Waals surface area contributed by atoms with Crippen molar-refractivity contribution >= 4 is 11.6 Å². The van der Waals surface area contributed by atoms with Crippen molar-refractivity contribution in [2.45, 2.75) is 19.8 Å². The van der Waals surface area contributed by atoms with E-state index in [0.717, 1.165) is 13.0 Å². The summed E-state index contributed by atoms with van der Waals surface area (Å²) in [6.45, 7) is 3.68. The quantitative estimate of drug-likeness (QED) is 0.738. The number of nitrogens with one attached hydrogen (secondary N) is 1. The van der Waals surface area contributed by atoms with Crippen LogP contribution in [0.5, 0.6) is 0 Å². The van der Waals surface area contributed by atoms with Crippen LogP contribution in [-0.2, 0) is 6.42 Å². The Balaban J connectivity index is 2.33. The molecule has 0 fully saturated rings. The van der Waals surface area contributed by atoms with E-state index in [1.807, 2.05) is 6.92 Å². The van der Waals surface area contributed by atoms with Crippen molar-refractivity contribution < 1.29 is 9.50 Å². The van der Waals surface area contributed by atoms with Crippen LogP contribution in [0.4, 0.5) is 4.39 Å². The minimum absolute atomic E-state index is 0.190. The average molecular weight is 260 g/mol. The Hall–Kier alpha value is -0.640. The summed E-state index contributed by atoms with van der Waals surface area (Å²) >= 11 is 5.80. The molecule has 1 aromatic carbocycles. The number of halogens is 2. The topological polar surface area (TPSA) is 32.3 Å². The van der Waals surface area contributed by atoms with Crippen LogP contribution in [0.2, 0.25) is 5.02 Å². The van der Waals surface area contributed by atoms with Crippen LogP contribution in [0.1, 0.15) is 18.9 Å². The van der Waals surface area contributed by atoms with Gasteiger partial charge in [0.1, 0.15) is 5.82 Å². The highest BCUT2D eigenvalue weighted by Crippen LogP contribution is 2.15. The lowest BCUT2D eigenvalue weighted by atomic mass is 10.1. The van der Waals surface area contributed by atoms with Crippen molar-refractivity contribution in [1.29, 1.82) is 0 Å². The first-order valence-electron chi connectivity index (χ1n) is 5.92. The molecule has 0 saturated heterocycles. The Morgan fingerprint density at radius 3 is 2.88 bits per heavy atom. The van der Waals surface area contributed by atoms with Crippen LogP contribution in [0.3, 0.4) is 0 Å². The standard InChI is InChI=1S/C13H19ClFNO/c1-2-10(9-17)8-16-6-5-11-7-12(14)3-4-13(11)15/h3-4,7,10,16-17H,2,5-6,8-9H2,1H3.